The number of nitrogens with two attached hydrogens (primary N) is 2. The quantitative estimate of drug-likeness (QED) is 0.178. The predicted molar refractivity (Wildman–Crippen MR) is 127 cm³/mol. The first-order chi connectivity index (χ1) is 15.4. The lowest BCUT2D eigenvalue weighted by Gasteiger charge is -2.36. The van der Waals surface area contributed by atoms with Crippen LogP contribution in [0.4, 0.5) is 8.78 Å². The molecule has 4 N–H and O–H groups in total. The molecular weight excluding hydrogens is 407 g/mol. The average molecular weight is 435 g/mol. The van der Waals surface area contributed by atoms with Gasteiger partial charge >= 0.3 is 0 Å². The number of aromatic nitrogens is 1. The van der Waals surface area contributed by atoms with Crippen molar-refractivity contribution in [1.82, 2.24) is 9.99 Å². The van der Waals surface area contributed by atoms with Crippen molar-refractivity contribution in [3.63, 3.8) is 0 Å². The van der Waals surface area contributed by atoms with Crippen LogP contribution < -0.4 is 11.7 Å². The Bertz CT molecular complexity index is 1040. The molecule has 166 valence electrons. The number of hydrogen-bond acceptors (Lipinski definition) is 4. The van der Waals surface area contributed by atoms with E-state index in [1.54, 1.807) is 18.3 Å². The highest BCUT2D eigenvalue weighted by atomic mass is 19.1. The minimum atomic E-state index is -2.12. The molecule has 0 spiro atoms. The van der Waals surface area contributed by atoms with Crippen LogP contribution in [0.25, 0.3) is 0 Å². The van der Waals surface area contributed by atoms with Crippen molar-refractivity contribution in [3.8, 4) is 0 Å². The van der Waals surface area contributed by atoms with Gasteiger partial charge in [0.05, 0.1) is 5.69 Å². The number of rotatable bonds is 9. The van der Waals surface area contributed by atoms with Crippen molar-refractivity contribution in [2.45, 2.75) is 37.8 Å². The molecule has 1 aromatic heterocycles. The molecule has 0 saturated heterocycles. The topological polar surface area (TPSA) is 80.5 Å². The summed E-state index contributed by atoms with van der Waals surface area (Å²) in [5.41, 5.74) is 1.64. The van der Waals surface area contributed by atoms with E-state index in [-0.39, 0.29) is 11.3 Å². The van der Waals surface area contributed by atoms with Gasteiger partial charge in [0, 0.05) is 11.8 Å². The van der Waals surface area contributed by atoms with Crippen molar-refractivity contribution in [1.29, 1.82) is 0 Å². The third-order valence-corrected chi connectivity index (χ3v) is 5.67. The zero-order chi connectivity index (χ0) is 23.1. The van der Waals surface area contributed by atoms with Crippen LogP contribution in [0.3, 0.4) is 0 Å². The first kappa shape index (κ1) is 23.4. The fourth-order valence-corrected chi connectivity index (χ4v) is 3.80. The van der Waals surface area contributed by atoms with Gasteiger partial charge < -0.3 is 5.84 Å². The summed E-state index contributed by atoms with van der Waals surface area (Å²) < 4.78 is 30.6. The van der Waals surface area contributed by atoms with Crippen molar-refractivity contribution < 1.29 is 8.78 Å². The lowest BCUT2D eigenvalue weighted by molar-refractivity contribution is 0.129. The highest BCUT2D eigenvalue weighted by molar-refractivity contribution is 6.15. The molecule has 5 nitrogen and oxygen atoms in total. The summed E-state index contributed by atoms with van der Waals surface area (Å²) in [5.74, 6) is 10.6. The summed E-state index contributed by atoms with van der Waals surface area (Å²) in [6.45, 7) is 2.13. The molecule has 0 amide bonds. The summed E-state index contributed by atoms with van der Waals surface area (Å²) in [5, 5.41) is 4.33. The second-order valence-electron chi connectivity index (χ2n) is 7.93. The maximum Gasteiger partial charge on any atom is 0.161 e. The van der Waals surface area contributed by atoms with Gasteiger partial charge in [0.1, 0.15) is 23.8 Å². The van der Waals surface area contributed by atoms with E-state index in [2.05, 4.69) is 41.3 Å². The van der Waals surface area contributed by atoms with Crippen LogP contribution in [0.1, 0.15) is 40.9 Å². The Balaban J connectivity index is 1.81. The molecule has 3 rings (SSSR count). The molecule has 1 heterocycles. The standard InChI is InChI=1S/C24H28BF2N5/c1-2-17-7-9-18(10-8-17)11-12-19-13-14-22(30-15-19)24(25,27)23(32(29)16-31-28)20-5-3-4-6-21(20)26/h3-10,13-16,23H,2,11-12,25,28-29H2,1H3/b31-16-. The van der Waals surface area contributed by atoms with Crippen LogP contribution in [-0.2, 0) is 24.8 Å². The lowest BCUT2D eigenvalue weighted by atomic mass is 9.71. The van der Waals surface area contributed by atoms with E-state index < -0.39 is 17.4 Å². The number of hydrazine groups is 1. The molecule has 0 fully saturated rings. The largest absolute Gasteiger partial charge is 0.322 e. The summed E-state index contributed by atoms with van der Waals surface area (Å²) in [4.78, 5) is 4.35. The Morgan fingerprint density at radius 3 is 2.28 bits per heavy atom. The molecule has 0 aliphatic rings. The minimum absolute atomic E-state index is 0.0845. The highest BCUT2D eigenvalue weighted by Gasteiger charge is 2.42. The van der Waals surface area contributed by atoms with Crippen LogP contribution >= 0.6 is 0 Å². The van der Waals surface area contributed by atoms with E-state index in [9.17, 15) is 4.39 Å². The zero-order valence-corrected chi connectivity index (χ0v) is 18.4. The van der Waals surface area contributed by atoms with Gasteiger partial charge in [-0.2, -0.15) is 5.10 Å². The van der Waals surface area contributed by atoms with Crippen molar-refractivity contribution >= 4 is 14.2 Å². The van der Waals surface area contributed by atoms with Crippen molar-refractivity contribution in [2.75, 3.05) is 0 Å². The van der Waals surface area contributed by atoms with Gasteiger partial charge in [-0.15, -0.1) is 0 Å². The van der Waals surface area contributed by atoms with E-state index in [4.69, 9.17) is 11.7 Å². The summed E-state index contributed by atoms with van der Waals surface area (Å²) >= 11 is 0. The van der Waals surface area contributed by atoms with Crippen LogP contribution in [0.5, 0.6) is 0 Å². The summed E-state index contributed by atoms with van der Waals surface area (Å²) in [6.07, 6.45) is 5.37. The number of hydrogen-bond donors (Lipinski definition) is 2. The molecule has 0 saturated carbocycles. The van der Waals surface area contributed by atoms with Crippen molar-refractivity contribution in [3.05, 3.63) is 101 Å². The number of aryl methyl sites for hydroxylation is 3. The second kappa shape index (κ2) is 10.4. The van der Waals surface area contributed by atoms with E-state index in [0.29, 0.717) is 0 Å². The van der Waals surface area contributed by atoms with Gasteiger partial charge in [-0.1, -0.05) is 55.5 Å². The van der Waals surface area contributed by atoms with E-state index in [1.165, 1.54) is 37.2 Å². The van der Waals surface area contributed by atoms with Crippen LogP contribution in [0.15, 0.2) is 72.0 Å². The van der Waals surface area contributed by atoms with E-state index in [1.807, 2.05) is 6.07 Å². The fraction of sp³-hybridized carbons (Fsp3) is 0.250. The van der Waals surface area contributed by atoms with Gasteiger partial charge in [0.25, 0.3) is 0 Å². The lowest BCUT2D eigenvalue weighted by Crippen LogP contribution is -2.46. The second-order valence-corrected chi connectivity index (χ2v) is 7.93. The number of pyridine rings is 1. The van der Waals surface area contributed by atoms with Gasteiger partial charge in [-0.3, -0.25) is 9.99 Å². The van der Waals surface area contributed by atoms with Crippen LogP contribution in [0, 0.1) is 5.82 Å². The molecule has 3 aromatic rings. The molecule has 2 atom stereocenters. The average Bonchev–Trinajstić information content (AvgIpc) is 2.80. The third-order valence-electron chi connectivity index (χ3n) is 5.67. The highest BCUT2D eigenvalue weighted by Crippen LogP contribution is 2.39. The van der Waals surface area contributed by atoms with Crippen molar-refractivity contribution in [2.24, 2.45) is 16.8 Å². The molecule has 2 aromatic carbocycles. The van der Waals surface area contributed by atoms with E-state index >= 15 is 4.39 Å². The maximum atomic E-state index is 16.1. The Morgan fingerprint density at radius 2 is 1.69 bits per heavy atom. The number of alkyl halides is 1. The third kappa shape index (κ3) is 5.32. The number of benzene rings is 2. The van der Waals surface area contributed by atoms with Gasteiger partial charge in [0.2, 0.25) is 0 Å². The first-order valence-corrected chi connectivity index (χ1v) is 10.6. The molecule has 0 aliphatic heterocycles. The van der Waals surface area contributed by atoms with Gasteiger partial charge in [0.15, 0.2) is 7.85 Å². The number of hydrazone groups is 1. The monoisotopic (exact) mass is 435 g/mol. The normalized spacial score (nSPS) is 14.2. The molecule has 8 heteroatoms. The van der Waals surface area contributed by atoms with Gasteiger partial charge in [-0.25, -0.2) is 14.6 Å². The Morgan fingerprint density at radius 1 is 1.06 bits per heavy atom. The SMILES string of the molecule is BC(F)(c1ccc(CCc2ccc(CC)cc2)cn1)C(c1ccccc1F)N(N)/C=N\N. The van der Waals surface area contributed by atoms with E-state index in [0.717, 1.165) is 36.2 Å². The molecule has 2 unspecified atom stereocenters. The number of halogens is 2. The van der Waals surface area contributed by atoms with Gasteiger partial charge in [-0.05, 0) is 48.1 Å². The van der Waals surface area contributed by atoms with Crippen LogP contribution in [0.2, 0.25) is 0 Å². The molecule has 0 radical (unpaired) electrons. The molecule has 32 heavy (non-hydrogen) atoms. The summed E-state index contributed by atoms with van der Waals surface area (Å²) in [7, 11) is 1.33. The Hall–Kier alpha value is -3.26. The number of nitrogens with zero attached hydrogens (tertiary/aromatic N) is 3. The summed E-state index contributed by atoms with van der Waals surface area (Å²) in [6, 6.07) is 16.7. The predicted octanol–water partition coefficient (Wildman–Crippen LogP) is 3.14. The minimum Gasteiger partial charge on any atom is -0.322 e. The molecule has 0 bridgehead atoms. The fourth-order valence-electron chi connectivity index (χ4n) is 3.80. The first-order valence-electron chi connectivity index (χ1n) is 10.6. The smallest absolute Gasteiger partial charge is 0.161 e. The zero-order valence-electron chi connectivity index (χ0n) is 18.4. The Kier molecular flexibility index (Phi) is 7.59. The Labute approximate surface area is 188 Å². The molecular formula is C24H28BF2N5. The maximum absolute atomic E-state index is 16.1. The molecule has 0 aliphatic carbocycles. The van der Waals surface area contributed by atoms with Crippen LogP contribution in [-0.4, -0.2) is 24.2 Å².